The van der Waals surface area contributed by atoms with Crippen LogP contribution in [0.2, 0.25) is 0 Å². The van der Waals surface area contributed by atoms with Gasteiger partial charge < -0.3 is 9.47 Å². The highest BCUT2D eigenvalue weighted by atomic mass is 16.7. The van der Waals surface area contributed by atoms with Crippen LogP contribution < -0.4 is 0 Å². The predicted octanol–water partition coefficient (Wildman–Crippen LogP) is 2.87. The van der Waals surface area contributed by atoms with Gasteiger partial charge in [-0.05, 0) is 36.3 Å². The lowest BCUT2D eigenvalue weighted by atomic mass is 9.60. The lowest BCUT2D eigenvalue weighted by Crippen LogP contribution is -2.56. The van der Waals surface area contributed by atoms with Crippen molar-refractivity contribution in [1.29, 1.82) is 0 Å². The minimum Gasteiger partial charge on any atom is -0.349 e. The summed E-state index contributed by atoms with van der Waals surface area (Å²) in [6, 6.07) is 8.83. The molecule has 1 saturated carbocycles. The number of ether oxygens (including phenoxy) is 2. The molecule has 1 spiro atoms. The Hall–Kier alpha value is -0.860. The monoisotopic (exact) mass is 230 g/mol. The molecule has 0 aromatic heterocycles. The molecule has 2 atom stereocenters. The molecule has 0 radical (unpaired) electrons. The van der Waals surface area contributed by atoms with Gasteiger partial charge in [0.2, 0.25) is 0 Å². The van der Waals surface area contributed by atoms with E-state index in [-0.39, 0.29) is 5.79 Å². The van der Waals surface area contributed by atoms with Gasteiger partial charge in [-0.3, -0.25) is 0 Å². The second kappa shape index (κ2) is 3.56. The van der Waals surface area contributed by atoms with E-state index >= 15 is 0 Å². The molecule has 3 aliphatic rings. The second-order valence-electron chi connectivity index (χ2n) is 5.53. The zero-order chi connectivity index (χ0) is 11.3. The molecule has 2 heteroatoms. The van der Waals surface area contributed by atoms with Crippen molar-refractivity contribution >= 4 is 0 Å². The van der Waals surface area contributed by atoms with Gasteiger partial charge in [0.15, 0.2) is 5.79 Å². The van der Waals surface area contributed by atoms with Crippen LogP contribution in [-0.2, 0) is 15.9 Å². The van der Waals surface area contributed by atoms with E-state index in [1.807, 2.05) is 0 Å². The van der Waals surface area contributed by atoms with E-state index in [9.17, 15) is 0 Å². The maximum Gasteiger partial charge on any atom is 0.175 e. The van der Waals surface area contributed by atoms with Gasteiger partial charge in [-0.2, -0.15) is 0 Å². The van der Waals surface area contributed by atoms with Crippen LogP contribution >= 0.6 is 0 Å². The van der Waals surface area contributed by atoms with Crippen LogP contribution in [0.1, 0.15) is 36.3 Å². The highest BCUT2D eigenvalue weighted by Crippen LogP contribution is 2.55. The Balaban J connectivity index is 1.76. The summed E-state index contributed by atoms with van der Waals surface area (Å²) in [5.41, 5.74) is 2.99. The summed E-state index contributed by atoms with van der Waals surface area (Å²) in [4.78, 5) is 0. The molecule has 0 amide bonds. The zero-order valence-electron chi connectivity index (χ0n) is 10.0. The highest BCUT2D eigenvalue weighted by Gasteiger charge is 2.54. The maximum absolute atomic E-state index is 6.07. The van der Waals surface area contributed by atoms with E-state index in [4.69, 9.17) is 9.47 Å². The van der Waals surface area contributed by atoms with Crippen LogP contribution in [0.4, 0.5) is 0 Å². The van der Waals surface area contributed by atoms with E-state index in [2.05, 4.69) is 24.3 Å². The Morgan fingerprint density at radius 1 is 1.06 bits per heavy atom. The van der Waals surface area contributed by atoms with Crippen molar-refractivity contribution in [2.75, 3.05) is 13.2 Å². The standard InChI is InChI=1S/C15H18O2/c1-2-5-12-11(4-1)10-15(14-7-6-13(12)14)16-8-3-9-17-15/h1-2,4-5,13-14H,3,6-10H2/t13-,14-/m0/s1. The molecule has 4 rings (SSSR count). The fourth-order valence-electron chi connectivity index (χ4n) is 3.76. The smallest absolute Gasteiger partial charge is 0.175 e. The fourth-order valence-corrected chi connectivity index (χ4v) is 3.76. The van der Waals surface area contributed by atoms with Crippen molar-refractivity contribution in [3.05, 3.63) is 35.4 Å². The van der Waals surface area contributed by atoms with Crippen LogP contribution in [0.25, 0.3) is 0 Å². The van der Waals surface area contributed by atoms with Crippen LogP contribution in [0.15, 0.2) is 24.3 Å². The van der Waals surface area contributed by atoms with Crippen molar-refractivity contribution in [2.45, 2.75) is 37.4 Å². The molecule has 2 aliphatic carbocycles. The summed E-state index contributed by atoms with van der Waals surface area (Å²) in [6.45, 7) is 1.73. The van der Waals surface area contributed by atoms with Crippen molar-refractivity contribution in [1.82, 2.24) is 0 Å². The summed E-state index contributed by atoms with van der Waals surface area (Å²) in [5, 5.41) is 0. The van der Waals surface area contributed by atoms with Crippen LogP contribution in [0, 0.1) is 5.92 Å². The number of rotatable bonds is 0. The first-order chi connectivity index (χ1) is 8.39. The minimum absolute atomic E-state index is 0.282. The lowest BCUT2D eigenvalue weighted by molar-refractivity contribution is -0.311. The van der Waals surface area contributed by atoms with E-state index in [1.165, 1.54) is 18.4 Å². The zero-order valence-corrected chi connectivity index (χ0v) is 10.0. The first kappa shape index (κ1) is 10.1. The molecular formula is C15H18O2. The van der Waals surface area contributed by atoms with Gasteiger partial charge in [0, 0.05) is 12.3 Å². The summed E-state index contributed by atoms with van der Waals surface area (Å²) < 4.78 is 12.1. The molecule has 1 saturated heterocycles. The number of fused-ring (bicyclic) bond motifs is 4. The third-order valence-electron chi connectivity index (χ3n) is 4.71. The molecular weight excluding hydrogens is 212 g/mol. The topological polar surface area (TPSA) is 18.5 Å². The van der Waals surface area contributed by atoms with Gasteiger partial charge in [-0.15, -0.1) is 0 Å². The average Bonchev–Trinajstić information content (AvgIpc) is 2.30. The summed E-state index contributed by atoms with van der Waals surface area (Å²) in [5.74, 6) is 0.992. The Morgan fingerprint density at radius 3 is 2.65 bits per heavy atom. The molecule has 17 heavy (non-hydrogen) atoms. The molecule has 0 unspecified atom stereocenters. The van der Waals surface area contributed by atoms with Crippen LogP contribution in [0.5, 0.6) is 0 Å². The van der Waals surface area contributed by atoms with Gasteiger partial charge in [0.05, 0.1) is 13.2 Å². The highest BCUT2D eigenvalue weighted by molar-refractivity contribution is 5.37. The van der Waals surface area contributed by atoms with E-state index in [1.54, 1.807) is 5.56 Å². The number of hydrogen-bond acceptors (Lipinski definition) is 2. The molecule has 1 aromatic rings. The van der Waals surface area contributed by atoms with E-state index in [0.717, 1.165) is 26.1 Å². The van der Waals surface area contributed by atoms with Gasteiger partial charge in [0.25, 0.3) is 0 Å². The number of benzene rings is 1. The third kappa shape index (κ3) is 1.34. The minimum atomic E-state index is -0.282. The average molecular weight is 230 g/mol. The fraction of sp³-hybridized carbons (Fsp3) is 0.600. The number of hydrogen-bond donors (Lipinski definition) is 0. The Kier molecular flexibility index (Phi) is 2.12. The van der Waals surface area contributed by atoms with Gasteiger partial charge in [-0.1, -0.05) is 24.3 Å². The Morgan fingerprint density at radius 2 is 1.88 bits per heavy atom. The molecule has 0 N–H and O–H groups in total. The van der Waals surface area contributed by atoms with Gasteiger partial charge >= 0.3 is 0 Å². The largest absolute Gasteiger partial charge is 0.349 e. The van der Waals surface area contributed by atoms with E-state index < -0.39 is 0 Å². The summed E-state index contributed by atoms with van der Waals surface area (Å²) in [6.07, 6.45) is 4.56. The quantitative estimate of drug-likeness (QED) is 0.682. The second-order valence-corrected chi connectivity index (χ2v) is 5.53. The summed E-state index contributed by atoms with van der Waals surface area (Å²) in [7, 11) is 0. The molecule has 2 fully saturated rings. The lowest BCUT2D eigenvalue weighted by Gasteiger charge is -2.54. The van der Waals surface area contributed by atoms with Crippen molar-refractivity contribution in [3.8, 4) is 0 Å². The SMILES string of the molecule is c1ccc2c(c1)CC1(OCCCO1)[C@H]1CC[C@@H]21. The summed E-state index contributed by atoms with van der Waals surface area (Å²) >= 11 is 0. The van der Waals surface area contributed by atoms with E-state index in [0.29, 0.717) is 11.8 Å². The van der Waals surface area contributed by atoms with Crippen LogP contribution in [0.3, 0.4) is 0 Å². The predicted molar refractivity (Wildman–Crippen MR) is 64.9 cm³/mol. The molecule has 0 bridgehead atoms. The maximum atomic E-state index is 6.07. The van der Waals surface area contributed by atoms with Crippen molar-refractivity contribution < 1.29 is 9.47 Å². The van der Waals surface area contributed by atoms with Crippen molar-refractivity contribution in [2.24, 2.45) is 5.92 Å². The Labute approximate surface area is 102 Å². The van der Waals surface area contributed by atoms with Crippen molar-refractivity contribution in [3.63, 3.8) is 0 Å². The first-order valence-electron chi connectivity index (χ1n) is 6.75. The molecule has 1 heterocycles. The molecule has 1 aromatic carbocycles. The Bertz CT molecular complexity index is 434. The van der Waals surface area contributed by atoms with Gasteiger partial charge in [-0.25, -0.2) is 0 Å². The van der Waals surface area contributed by atoms with Crippen LogP contribution in [-0.4, -0.2) is 19.0 Å². The normalized spacial score (nSPS) is 33.6. The molecule has 1 aliphatic heterocycles. The molecule has 90 valence electrons. The first-order valence-corrected chi connectivity index (χ1v) is 6.75. The third-order valence-corrected chi connectivity index (χ3v) is 4.71. The molecule has 2 nitrogen and oxygen atoms in total. The van der Waals surface area contributed by atoms with Gasteiger partial charge in [0.1, 0.15) is 0 Å².